The van der Waals surface area contributed by atoms with Crippen LogP contribution in [0.1, 0.15) is 154 Å². The first-order chi connectivity index (χ1) is 35.8. The summed E-state index contributed by atoms with van der Waals surface area (Å²) >= 11 is 0. The van der Waals surface area contributed by atoms with Crippen LogP contribution < -0.4 is 9.30 Å². The number of hydrogen-bond acceptors (Lipinski definition) is 2. The Labute approximate surface area is 473 Å². The summed E-state index contributed by atoms with van der Waals surface area (Å²) in [6.45, 7) is 34.5. The predicted molar refractivity (Wildman–Crippen MR) is 314 cm³/mol. The molecule has 0 N–H and O–H groups in total. The average molecular weight is 1190 g/mol. The minimum absolute atomic E-state index is 0. The van der Waals surface area contributed by atoms with Gasteiger partial charge in [-0.05, 0) is 96.6 Å². The Morgan fingerprint density at radius 3 is 1.52 bits per heavy atom. The van der Waals surface area contributed by atoms with Gasteiger partial charge in [0.05, 0.1) is 17.1 Å². The van der Waals surface area contributed by atoms with E-state index in [1.807, 2.05) is 18.3 Å². The molecule has 7 aromatic carbocycles. The predicted octanol–water partition coefficient (Wildman–Crippen LogP) is 17.3. The number of imidazole rings is 1. The van der Waals surface area contributed by atoms with Gasteiger partial charge in [0.25, 0.3) is 6.33 Å². The summed E-state index contributed by atoms with van der Waals surface area (Å²) in [4.78, 5) is 5.04. The third-order valence-corrected chi connectivity index (χ3v) is 15.8. The fraction of sp³-hybridized carbons (Fsp3) is 0.296. The topological polar surface area (TPSA) is 35.9 Å². The van der Waals surface area contributed by atoms with E-state index in [9.17, 15) is 0 Å². The molecule has 10 aromatic rings. The maximum Gasteiger partial charge on any atom is 0.267 e. The molecule has 3 heterocycles. The van der Waals surface area contributed by atoms with Gasteiger partial charge in [-0.2, -0.15) is 18.2 Å². The number of hydrogen-bond donors (Lipinski definition) is 0. The zero-order chi connectivity index (χ0) is 54.2. The van der Waals surface area contributed by atoms with Crippen molar-refractivity contribution in [3.05, 3.63) is 245 Å². The molecule has 0 aliphatic rings. The maximum atomic E-state index is 6.88. The molecular formula is C71H74N4OPt-2. The van der Waals surface area contributed by atoms with Crippen molar-refractivity contribution in [1.82, 2.24) is 14.1 Å². The molecule has 6 heteroatoms. The minimum atomic E-state index is -0.292. The van der Waals surface area contributed by atoms with Crippen molar-refractivity contribution in [2.45, 2.75) is 136 Å². The molecular weight excluding hydrogens is 1120 g/mol. The standard InChI is InChI=1S/C71H74N4O.Pt/c1-66(2,3)51-34-37-61-60(43-51)59-36-35-58(46-62(59)75(61)63-44-52(38-39-72-63)69(10,11)48-26-19-16-20-27-48)76-57-33-25-32-55(45-57)73-47-74(65(68(7,8)9)64(73)67(4,5)6)56-41-53(70(12,13)49-28-21-17-22-29-49)40-54(42-56)71(14,15)50-30-23-18-24-31-50;/h16-44H,1-15H3;/q-2;. The van der Waals surface area contributed by atoms with Crippen molar-refractivity contribution in [2.75, 3.05) is 0 Å². The van der Waals surface area contributed by atoms with Gasteiger partial charge in [-0.25, -0.2) is 4.98 Å². The molecule has 0 aliphatic carbocycles. The Morgan fingerprint density at radius 1 is 0.442 bits per heavy atom. The van der Waals surface area contributed by atoms with Gasteiger partial charge >= 0.3 is 0 Å². The molecule has 3 aromatic heterocycles. The van der Waals surface area contributed by atoms with Gasteiger partial charge in [0.1, 0.15) is 5.82 Å². The van der Waals surface area contributed by atoms with Crippen molar-refractivity contribution in [1.29, 1.82) is 0 Å². The second kappa shape index (κ2) is 20.2. The second-order valence-electron chi connectivity index (χ2n) is 25.5. The van der Waals surface area contributed by atoms with Crippen molar-refractivity contribution < 1.29 is 30.4 Å². The van der Waals surface area contributed by atoms with Crippen molar-refractivity contribution in [3.8, 4) is 28.7 Å². The fourth-order valence-corrected chi connectivity index (χ4v) is 11.0. The third-order valence-electron chi connectivity index (χ3n) is 15.8. The van der Waals surface area contributed by atoms with Gasteiger partial charge < -0.3 is 13.9 Å². The Bertz CT molecular complexity index is 3680. The van der Waals surface area contributed by atoms with Crippen molar-refractivity contribution in [2.24, 2.45) is 0 Å². The zero-order valence-electron chi connectivity index (χ0n) is 47.8. The van der Waals surface area contributed by atoms with E-state index in [0.717, 1.165) is 44.7 Å². The monoisotopic (exact) mass is 1190 g/mol. The van der Waals surface area contributed by atoms with E-state index in [0.29, 0.717) is 11.5 Å². The SMILES string of the molecule is CC(C)(C)c1ccc2c(c1)c1ccc(Oc3[c-]c(-n4[c-][n+](-c5cc(C(C)(C)c6ccccc6)cc(C(C)(C)c6ccccc6)c5)c(C(C)(C)C)c4C(C)(C)C)ccc3)[c-]c1n2-c1cc(C(C)(C)c2ccccc2)ccn1.[Pt]. The van der Waals surface area contributed by atoms with Gasteiger partial charge in [0.2, 0.25) is 0 Å². The zero-order valence-corrected chi connectivity index (χ0v) is 50.0. The fourth-order valence-electron chi connectivity index (χ4n) is 11.0. The molecule has 0 saturated carbocycles. The quantitative estimate of drug-likeness (QED) is 0.0956. The first-order valence-electron chi connectivity index (χ1n) is 27.0. The minimum Gasteiger partial charge on any atom is -0.510 e. The number of fused-ring (bicyclic) bond motifs is 3. The van der Waals surface area contributed by atoms with E-state index >= 15 is 0 Å². The normalized spacial score (nSPS) is 12.8. The Kier molecular flexibility index (Phi) is 14.4. The summed E-state index contributed by atoms with van der Waals surface area (Å²) in [5, 5.41) is 2.24. The van der Waals surface area contributed by atoms with Gasteiger partial charge in [-0.3, -0.25) is 4.57 Å². The molecule has 0 unspecified atom stereocenters. The third kappa shape index (κ3) is 10.4. The van der Waals surface area contributed by atoms with Crippen LogP contribution in [0.4, 0.5) is 0 Å². The number of aromatic nitrogens is 4. The summed E-state index contributed by atoms with van der Waals surface area (Å²) in [6, 6.07) is 68.6. The maximum absolute atomic E-state index is 6.88. The van der Waals surface area contributed by atoms with Crippen molar-refractivity contribution in [3.63, 3.8) is 0 Å². The molecule has 0 radical (unpaired) electrons. The van der Waals surface area contributed by atoms with E-state index < -0.39 is 0 Å². The van der Waals surface area contributed by atoms with E-state index in [-0.39, 0.29) is 53.6 Å². The number of pyridine rings is 1. The molecule has 5 nitrogen and oxygen atoms in total. The summed E-state index contributed by atoms with van der Waals surface area (Å²) in [5.74, 6) is 2.00. The summed E-state index contributed by atoms with van der Waals surface area (Å²) in [6.07, 6.45) is 5.89. The number of rotatable bonds is 11. The number of nitrogens with zero attached hydrogens (tertiary/aromatic N) is 4. The molecule has 0 amide bonds. The van der Waals surface area contributed by atoms with Gasteiger partial charge in [-0.1, -0.05) is 219 Å². The molecule has 0 saturated heterocycles. The van der Waals surface area contributed by atoms with Crippen LogP contribution in [-0.2, 0) is 53.6 Å². The average Bonchev–Trinajstić information content (AvgIpc) is 4.06. The van der Waals surface area contributed by atoms with Crippen LogP contribution in [-0.4, -0.2) is 14.1 Å². The van der Waals surface area contributed by atoms with Crippen LogP contribution in [0.25, 0.3) is 39.0 Å². The molecule has 77 heavy (non-hydrogen) atoms. The first kappa shape index (κ1) is 55.0. The number of ether oxygens (including phenoxy) is 1. The second-order valence-corrected chi connectivity index (χ2v) is 25.5. The van der Waals surface area contributed by atoms with Crippen molar-refractivity contribution >= 4 is 21.8 Å². The first-order valence-corrected chi connectivity index (χ1v) is 27.0. The summed E-state index contributed by atoms with van der Waals surface area (Å²) in [5.41, 5.74) is 13.5. The van der Waals surface area contributed by atoms with E-state index in [1.54, 1.807) is 0 Å². The van der Waals surface area contributed by atoms with Crippen LogP contribution in [0.5, 0.6) is 11.5 Å². The Balaban J connectivity index is 0.00000722. The van der Waals surface area contributed by atoms with Crippen LogP contribution in [0, 0.1) is 18.5 Å². The molecule has 10 rings (SSSR count). The van der Waals surface area contributed by atoms with Gasteiger partial charge in [-0.15, -0.1) is 29.7 Å². The molecule has 0 fully saturated rings. The molecule has 0 atom stereocenters. The Morgan fingerprint density at radius 2 is 0.987 bits per heavy atom. The summed E-state index contributed by atoms with van der Waals surface area (Å²) in [7, 11) is 0. The van der Waals surface area contributed by atoms with Crippen LogP contribution in [0.15, 0.2) is 176 Å². The summed E-state index contributed by atoms with van der Waals surface area (Å²) < 4.78 is 13.7. The molecule has 0 aliphatic heterocycles. The Hall–Kier alpha value is -6.81. The van der Waals surface area contributed by atoms with Crippen LogP contribution in [0.2, 0.25) is 0 Å². The van der Waals surface area contributed by atoms with Gasteiger partial charge in [0.15, 0.2) is 0 Å². The number of benzene rings is 7. The smallest absolute Gasteiger partial charge is 0.267 e. The van der Waals surface area contributed by atoms with Crippen LogP contribution in [0.3, 0.4) is 0 Å². The molecule has 0 spiro atoms. The van der Waals surface area contributed by atoms with Crippen LogP contribution >= 0.6 is 0 Å². The van der Waals surface area contributed by atoms with Gasteiger partial charge in [0, 0.05) is 60.5 Å². The molecule has 396 valence electrons. The largest absolute Gasteiger partial charge is 0.510 e. The van der Waals surface area contributed by atoms with E-state index in [1.165, 1.54) is 44.6 Å². The molecule has 0 bridgehead atoms. The van der Waals surface area contributed by atoms with E-state index in [4.69, 9.17) is 9.72 Å². The van der Waals surface area contributed by atoms with E-state index in [2.05, 4.69) is 294 Å².